The van der Waals surface area contributed by atoms with Crippen LogP contribution in [0.3, 0.4) is 0 Å². The van der Waals surface area contributed by atoms with Crippen LogP contribution < -0.4 is 5.32 Å². The molecule has 0 aliphatic carbocycles. The summed E-state index contributed by atoms with van der Waals surface area (Å²) < 4.78 is 14.4. The topological polar surface area (TPSA) is 80.0 Å². The first-order valence-electron chi connectivity index (χ1n) is 7.85. The Morgan fingerprint density at radius 2 is 2.04 bits per heavy atom. The number of amides is 1. The minimum absolute atomic E-state index is 0.0338. The standard InChI is InChI=1S/C18H16ClFN4O2/c1-11-17(22-23-24(11)15-4-2-3-13(19)9-15)18(26)21-10-16(25)12-5-7-14(20)8-6-12/h2-9,16,25H,10H2,1H3,(H,21,26). The summed E-state index contributed by atoms with van der Waals surface area (Å²) in [4.78, 5) is 12.3. The zero-order valence-corrected chi connectivity index (χ0v) is 14.6. The first kappa shape index (κ1) is 18.0. The summed E-state index contributed by atoms with van der Waals surface area (Å²) in [7, 11) is 0. The number of benzene rings is 2. The van der Waals surface area contributed by atoms with Crippen LogP contribution in [0.1, 0.15) is 27.8 Å². The number of aliphatic hydroxyl groups is 1. The highest BCUT2D eigenvalue weighted by molar-refractivity contribution is 6.30. The van der Waals surface area contributed by atoms with Crippen LogP contribution in [0, 0.1) is 12.7 Å². The molecule has 1 aromatic heterocycles. The van der Waals surface area contributed by atoms with Crippen LogP contribution in [0.25, 0.3) is 5.69 Å². The normalized spacial score (nSPS) is 12.0. The Morgan fingerprint density at radius 1 is 1.31 bits per heavy atom. The van der Waals surface area contributed by atoms with E-state index < -0.39 is 17.8 Å². The van der Waals surface area contributed by atoms with E-state index in [0.29, 0.717) is 22.0 Å². The third kappa shape index (κ3) is 3.89. The summed E-state index contributed by atoms with van der Waals surface area (Å²) in [6.07, 6.45) is -0.956. The maximum atomic E-state index is 12.9. The molecule has 1 heterocycles. The molecular weight excluding hydrogens is 359 g/mol. The molecule has 134 valence electrons. The van der Waals surface area contributed by atoms with Gasteiger partial charge in [0.15, 0.2) is 5.69 Å². The van der Waals surface area contributed by atoms with E-state index in [9.17, 15) is 14.3 Å². The average Bonchev–Trinajstić information content (AvgIpc) is 3.01. The fourth-order valence-corrected chi connectivity index (χ4v) is 2.65. The number of nitrogens with one attached hydrogen (secondary N) is 1. The van der Waals surface area contributed by atoms with Gasteiger partial charge in [-0.15, -0.1) is 5.10 Å². The largest absolute Gasteiger partial charge is 0.387 e. The predicted molar refractivity (Wildman–Crippen MR) is 94.8 cm³/mol. The molecule has 0 aliphatic heterocycles. The first-order valence-corrected chi connectivity index (χ1v) is 8.23. The lowest BCUT2D eigenvalue weighted by atomic mass is 10.1. The number of aliphatic hydroxyl groups excluding tert-OH is 1. The van der Waals surface area contributed by atoms with Crippen LogP contribution in [0.5, 0.6) is 0 Å². The fraction of sp³-hybridized carbons (Fsp3) is 0.167. The number of rotatable bonds is 5. The monoisotopic (exact) mass is 374 g/mol. The summed E-state index contributed by atoms with van der Waals surface area (Å²) in [5.41, 5.74) is 1.89. The SMILES string of the molecule is Cc1c(C(=O)NCC(O)c2ccc(F)cc2)nnn1-c1cccc(Cl)c1. The van der Waals surface area contributed by atoms with Gasteiger partial charge in [0.05, 0.1) is 17.5 Å². The molecule has 0 fully saturated rings. The maximum absolute atomic E-state index is 12.9. The van der Waals surface area contributed by atoms with Gasteiger partial charge in [0, 0.05) is 11.6 Å². The molecule has 2 aromatic carbocycles. The number of hydrogen-bond donors (Lipinski definition) is 2. The van der Waals surface area contributed by atoms with E-state index in [1.54, 1.807) is 31.2 Å². The van der Waals surface area contributed by atoms with E-state index in [4.69, 9.17) is 11.6 Å². The molecule has 1 unspecified atom stereocenters. The van der Waals surface area contributed by atoms with Gasteiger partial charge in [0.2, 0.25) is 0 Å². The van der Waals surface area contributed by atoms with Crippen LogP contribution in [-0.4, -0.2) is 32.6 Å². The molecule has 0 spiro atoms. The Labute approximate surface area is 154 Å². The highest BCUT2D eigenvalue weighted by Crippen LogP contribution is 2.17. The zero-order chi connectivity index (χ0) is 18.7. The van der Waals surface area contributed by atoms with Crippen molar-refractivity contribution >= 4 is 17.5 Å². The molecule has 0 radical (unpaired) electrons. The lowest BCUT2D eigenvalue weighted by Gasteiger charge is -2.12. The third-order valence-corrected chi connectivity index (χ3v) is 4.11. The van der Waals surface area contributed by atoms with Crippen LogP contribution in [0.15, 0.2) is 48.5 Å². The Morgan fingerprint density at radius 3 is 2.73 bits per heavy atom. The van der Waals surface area contributed by atoms with Crippen molar-refractivity contribution in [3.8, 4) is 5.69 Å². The number of aromatic nitrogens is 3. The van der Waals surface area contributed by atoms with Gasteiger partial charge in [0.25, 0.3) is 5.91 Å². The second kappa shape index (κ2) is 7.63. The van der Waals surface area contributed by atoms with Crippen LogP contribution in [-0.2, 0) is 0 Å². The van der Waals surface area contributed by atoms with E-state index in [-0.39, 0.29) is 12.2 Å². The van der Waals surface area contributed by atoms with Crippen molar-refractivity contribution in [3.63, 3.8) is 0 Å². The summed E-state index contributed by atoms with van der Waals surface area (Å²) >= 11 is 5.98. The minimum atomic E-state index is -0.956. The molecule has 0 saturated carbocycles. The smallest absolute Gasteiger partial charge is 0.273 e. The van der Waals surface area contributed by atoms with Crippen LogP contribution in [0.2, 0.25) is 5.02 Å². The zero-order valence-electron chi connectivity index (χ0n) is 13.9. The summed E-state index contributed by atoms with van der Waals surface area (Å²) in [5.74, 6) is -0.852. The number of hydrogen-bond acceptors (Lipinski definition) is 4. The maximum Gasteiger partial charge on any atom is 0.273 e. The summed E-state index contributed by atoms with van der Waals surface area (Å²) in [6, 6.07) is 12.5. The van der Waals surface area contributed by atoms with Crippen molar-refractivity contribution in [2.45, 2.75) is 13.0 Å². The summed E-state index contributed by atoms with van der Waals surface area (Å²) in [5, 5.41) is 21.1. The Balaban J connectivity index is 1.70. The van der Waals surface area contributed by atoms with Gasteiger partial charge < -0.3 is 10.4 Å². The van der Waals surface area contributed by atoms with E-state index >= 15 is 0 Å². The predicted octanol–water partition coefficient (Wildman–Crippen LogP) is 2.83. The molecular formula is C18H16ClFN4O2. The second-order valence-electron chi connectivity index (χ2n) is 5.69. The second-order valence-corrected chi connectivity index (χ2v) is 6.13. The Hall–Kier alpha value is -2.77. The van der Waals surface area contributed by atoms with Gasteiger partial charge in [-0.1, -0.05) is 35.0 Å². The molecule has 1 amide bonds. The van der Waals surface area contributed by atoms with Crippen molar-refractivity contribution in [2.75, 3.05) is 6.54 Å². The van der Waals surface area contributed by atoms with Gasteiger partial charge in [-0.2, -0.15) is 0 Å². The van der Waals surface area contributed by atoms with E-state index in [1.807, 2.05) is 0 Å². The van der Waals surface area contributed by atoms with E-state index in [1.165, 1.54) is 28.9 Å². The summed E-state index contributed by atoms with van der Waals surface area (Å²) in [6.45, 7) is 1.68. The van der Waals surface area contributed by atoms with Gasteiger partial charge >= 0.3 is 0 Å². The molecule has 0 bridgehead atoms. The third-order valence-electron chi connectivity index (χ3n) is 3.87. The van der Waals surface area contributed by atoms with Crippen LogP contribution >= 0.6 is 11.6 Å². The Bertz CT molecular complexity index is 927. The fourth-order valence-electron chi connectivity index (χ4n) is 2.47. The molecule has 6 nitrogen and oxygen atoms in total. The van der Waals surface area contributed by atoms with Crippen molar-refractivity contribution < 1.29 is 14.3 Å². The van der Waals surface area contributed by atoms with Crippen LogP contribution in [0.4, 0.5) is 4.39 Å². The number of nitrogens with zero attached hydrogens (tertiary/aromatic N) is 3. The minimum Gasteiger partial charge on any atom is -0.387 e. The van der Waals surface area contributed by atoms with Gasteiger partial charge in [0.1, 0.15) is 5.82 Å². The highest BCUT2D eigenvalue weighted by atomic mass is 35.5. The van der Waals surface area contributed by atoms with Gasteiger partial charge in [-0.25, -0.2) is 9.07 Å². The molecule has 26 heavy (non-hydrogen) atoms. The quantitative estimate of drug-likeness (QED) is 0.719. The number of halogens is 2. The highest BCUT2D eigenvalue weighted by Gasteiger charge is 2.18. The van der Waals surface area contributed by atoms with Crippen molar-refractivity contribution in [3.05, 3.63) is 76.3 Å². The van der Waals surface area contributed by atoms with Crippen molar-refractivity contribution in [1.29, 1.82) is 0 Å². The van der Waals surface area contributed by atoms with Gasteiger partial charge in [-0.05, 0) is 42.8 Å². The lowest BCUT2D eigenvalue weighted by molar-refractivity contribution is 0.0910. The Kier molecular flexibility index (Phi) is 5.29. The molecule has 3 aromatic rings. The average molecular weight is 375 g/mol. The lowest BCUT2D eigenvalue weighted by Crippen LogP contribution is -2.29. The molecule has 8 heteroatoms. The van der Waals surface area contributed by atoms with Gasteiger partial charge in [-0.3, -0.25) is 4.79 Å². The number of carbonyl (C=O) groups excluding carboxylic acids is 1. The van der Waals surface area contributed by atoms with E-state index in [2.05, 4.69) is 15.6 Å². The molecule has 3 rings (SSSR count). The van der Waals surface area contributed by atoms with Crippen molar-refractivity contribution in [2.24, 2.45) is 0 Å². The molecule has 0 saturated heterocycles. The molecule has 0 aliphatic rings. The molecule has 1 atom stereocenters. The first-order chi connectivity index (χ1) is 12.5. The van der Waals surface area contributed by atoms with E-state index in [0.717, 1.165) is 0 Å². The molecule has 2 N–H and O–H groups in total. The number of carbonyl (C=O) groups is 1. The van der Waals surface area contributed by atoms with Crippen molar-refractivity contribution in [1.82, 2.24) is 20.3 Å².